The van der Waals surface area contributed by atoms with E-state index in [0.29, 0.717) is 18.9 Å². The van der Waals surface area contributed by atoms with Gasteiger partial charge in [-0.3, -0.25) is 9.48 Å². The molecule has 1 unspecified atom stereocenters. The summed E-state index contributed by atoms with van der Waals surface area (Å²) in [7, 11) is 0. The molecule has 1 aromatic heterocycles. The van der Waals surface area contributed by atoms with Gasteiger partial charge in [0, 0.05) is 12.4 Å². The Morgan fingerprint density at radius 3 is 2.73 bits per heavy atom. The van der Waals surface area contributed by atoms with Crippen molar-refractivity contribution in [3.8, 4) is 0 Å². The second kappa shape index (κ2) is 5.53. The predicted octanol–water partition coefficient (Wildman–Crippen LogP) is 2.03. The van der Waals surface area contributed by atoms with E-state index >= 15 is 0 Å². The van der Waals surface area contributed by atoms with E-state index in [-0.39, 0.29) is 12.0 Å². The summed E-state index contributed by atoms with van der Waals surface area (Å²) >= 11 is 0. The number of aromatic nitrogens is 2. The zero-order valence-corrected chi connectivity index (χ0v) is 9.51. The normalized spacial score (nSPS) is 12.8. The molecular formula is C11H18N2O2. The Kier molecular flexibility index (Phi) is 4.34. The van der Waals surface area contributed by atoms with Gasteiger partial charge in [0.1, 0.15) is 0 Å². The van der Waals surface area contributed by atoms with Gasteiger partial charge in [-0.1, -0.05) is 13.8 Å². The molecule has 0 aliphatic rings. The molecular weight excluding hydrogens is 192 g/mol. The van der Waals surface area contributed by atoms with Crippen LogP contribution in [0.4, 0.5) is 0 Å². The van der Waals surface area contributed by atoms with Crippen molar-refractivity contribution in [2.24, 2.45) is 5.92 Å². The first-order valence-electron chi connectivity index (χ1n) is 5.30. The second-order valence-corrected chi connectivity index (χ2v) is 3.81. The lowest BCUT2D eigenvalue weighted by Gasteiger charge is -2.20. The van der Waals surface area contributed by atoms with Gasteiger partial charge in [0.25, 0.3) is 0 Å². The fourth-order valence-electron chi connectivity index (χ4n) is 1.50. The SMILES string of the molecule is CCOC(=O)CC(C(C)C)n1cccn1. The van der Waals surface area contributed by atoms with E-state index in [4.69, 9.17) is 4.74 Å². The molecule has 1 atom stereocenters. The highest BCUT2D eigenvalue weighted by atomic mass is 16.5. The van der Waals surface area contributed by atoms with Crippen LogP contribution in [-0.4, -0.2) is 22.4 Å². The number of rotatable bonds is 5. The number of carbonyl (C=O) groups excluding carboxylic acids is 1. The van der Waals surface area contributed by atoms with Gasteiger partial charge in [-0.15, -0.1) is 0 Å². The summed E-state index contributed by atoms with van der Waals surface area (Å²) in [6.45, 7) is 6.40. The van der Waals surface area contributed by atoms with Crippen molar-refractivity contribution in [3.05, 3.63) is 18.5 Å². The summed E-state index contributed by atoms with van der Waals surface area (Å²) < 4.78 is 6.76. The molecule has 1 heterocycles. The lowest BCUT2D eigenvalue weighted by atomic mass is 10.0. The van der Waals surface area contributed by atoms with Crippen LogP contribution in [0.25, 0.3) is 0 Å². The monoisotopic (exact) mass is 210 g/mol. The van der Waals surface area contributed by atoms with Gasteiger partial charge in [-0.2, -0.15) is 5.10 Å². The van der Waals surface area contributed by atoms with E-state index in [1.807, 2.05) is 23.9 Å². The molecule has 0 N–H and O–H groups in total. The van der Waals surface area contributed by atoms with E-state index in [0.717, 1.165) is 0 Å². The van der Waals surface area contributed by atoms with E-state index in [2.05, 4.69) is 18.9 Å². The zero-order chi connectivity index (χ0) is 11.3. The van der Waals surface area contributed by atoms with Crippen LogP contribution in [0, 0.1) is 5.92 Å². The van der Waals surface area contributed by atoms with Crippen molar-refractivity contribution in [1.29, 1.82) is 0 Å². The molecule has 0 aromatic carbocycles. The number of hydrogen-bond donors (Lipinski definition) is 0. The minimum absolute atomic E-state index is 0.0825. The van der Waals surface area contributed by atoms with Crippen molar-refractivity contribution >= 4 is 5.97 Å². The molecule has 1 aromatic rings. The Balaban J connectivity index is 2.64. The number of ether oxygens (including phenoxy) is 1. The highest BCUT2D eigenvalue weighted by Crippen LogP contribution is 2.20. The summed E-state index contributed by atoms with van der Waals surface area (Å²) in [5.41, 5.74) is 0. The Bertz CT molecular complexity index is 294. The van der Waals surface area contributed by atoms with Gasteiger partial charge in [-0.25, -0.2) is 0 Å². The van der Waals surface area contributed by atoms with Crippen LogP contribution in [0.5, 0.6) is 0 Å². The van der Waals surface area contributed by atoms with E-state index in [9.17, 15) is 4.79 Å². The summed E-state index contributed by atoms with van der Waals surface area (Å²) in [5.74, 6) is 0.195. The molecule has 0 saturated heterocycles. The van der Waals surface area contributed by atoms with Crippen molar-refractivity contribution in [2.45, 2.75) is 33.2 Å². The molecule has 0 saturated carbocycles. The quantitative estimate of drug-likeness (QED) is 0.698. The van der Waals surface area contributed by atoms with Gasteiger partial charge < -0.3 is 4.74 Å². The van der Waals surface area contributed by atoms with Crippen LogP contribution >= 0.6 is 0 Å². The van der Waals surface area contributed by atoms with Gasteiger partial charge in [0.15, 0.2) is 0 Å². The van der Waals surface area contributed by atoms with E-state index in [1.54, 1.807) is 6.20 Å². The van der Waals surface area contributed by atoms with Crippen molar-refractivity contribution in [2.75, 3.05) is 6.61 Å². The molecule has 0 fully saturated rings. The highest BCUT2D eigenvalue weighted by Gasteiger charge is 2.20. The van der Waals surface area contributed by atoms with E-state index in [1.165, 1.54) is 0 Å². The fourth-order valence-corrected chi connectivity index (χ4v) is 1.50. The molecule has 0 amide bonds. The van der Waals surface area contributed by atoms with Crippen LogP contribution in [0.1, 0.15) is 33.2 Å². The molecule has 0 aliphatic carbocycles. The third kappa shape index (κ3) is 3.38. The maximum Gasteiger partial charge on any atom is 0.307 e. The smallest absolute Gasteiger partial charge is 0.307 e. The second-order valence-electron chi connectivity index (χ2n) is 3.81. The standard InChI is InChI=1S/C11H18N2O2/c1-4-15-11(14)8-10(9(2)3)13-7-5-6-12-13/h5-7,9-10H,4,8H2,1-3H3. The van der Waals surface area contributed by atoms with Gasteiger partial charge in [0.05, 0.1) is 19.1 Å². The molecule has 84 valence electrons. The molecule has 15 heavy (non-hydrogen) atoms. The largest absolute Gasteiger partial charge is 0.466 e. The summed E-state index contributed by atoms with van der Waals surface area (Å²) in [4.78, 5) is 11.4. The number of hydrogen-bond acceptors (Lipinski definition) is 3. The molecule has 1 rings (SSSR count). The average Bonchev–Trinajstić information content (AvgIpc) is 2.66. The summed E-state index contributed by atoms with van der Waals surface area (Å²) in [6.07, 6.45) is 3.98. The van der Waals surface area contributed by atoms with Crippen molar-refractivity contribution < 1.29 is 9.53 Å². The Labute approximate surface area is 90.2 Å². The van der Waals surface area contributed by atoms with Gasteiger partial charge >= 0.3 is 5.97 Å². The van der Waals surface area contributed by atoms with E-state index < -0.39 is 0 Å². The van der Waals surface area contributed by atoms with Crippen LogP contribution in [-0.2, 0) is 9.53 Å². The summed E-state index contributed by atoms with van der Waals surface area (Å²) in [6, 6.07) is 1.94. The predicted molar refractivity (Wildman–Crippen MR) is 57.4 cm³/mol. The topological polar surface area (TPSA) is 44.1 Å². The minimum Gasteiger partial charge on any atom is -0.466 e. The maximum atomic E-state index is 11.4. The first kappa shape index (κ1) is 11.8. The number of carbonyl (C=O) groups is 1. The third-order valence-electron chi connectivity index (χ3n) is 2.32. The van der Waals surface area contributed by atoms with Gasteiger partial charge in [0.2, 0.25) is 0 Å². The molecule has 0 radical (unpaired) electrons. The molecule has 4 nitrogen and oxygen atoms in total. The Hall–Kier alpha value is -1.32. The van der Waals surface area contributed by atoms with Crippen molar-refractivity contribution in [1.82, 2.24) is 9.78 Å². The van der Waals surface area contributed by atoms with Gasteiger partial charge in [-0.05, 0) is 18.9 Å². The lowest BCUT2D eigenvalue weighted by Crippen LogP contribution is -2.20. The number of esters is 1. The Morgan fingerprint density at radius 1 is 1.53 bits per heavy atom. The van der Waals surface area contributed by atoms with Crippen LogP contribution in [0.15, 0.2) is 18.5 Å². The molecule has 0 spiro atoms. The molecule has 4 heteroatoms. The zero-order valence-electron chi connectivity index (χ0n) is 9.51. The highest BCUT2D eigenvalue weighted by molar-refractivity contribution is 5.69. The maximum absolute atomic E-state index is 11.4. The van der Waals surface area contributed by atoms with Crippen LogP contribution in [0.3, 0.4) is 0 Å². The fraction of sp³-hybridized carbons (Fsp3) is 0.636. The average molecular weight is 210 g/mol. The summed E-state index contributed by atoms with van der Waals surface area (Å²) in [5, 5.41) is 4.16. The van der Waals surface area contributed by atoms with Crippen LogP contribution < -0.4 is 0 Å². The Morgan fingerprint density at radius 2 is 2.27 bits per heavy atom. The molecule has 0 bridgehead atoms. The first-order chi connectivity index (χ1) is 7.15. The third-order valence-corrected chi connectivity index (χ3v) is 2.32. The number of nitrogens with zero attached hydrogens (tertiary/aromatic N) is 2. The molecule has 0 aliphatic heterocycles. The minimum atomic E-state index is -0.160. The van der Waals surface area contributed by atoms with Crippen LogP contribution in [0.2, 0.25) is 0 Å². The van der Waals surface area contributed by atoms with Crippen molar-refractivity contribution in [3.63, 3.8) is 0 Å². The lowest BCUT2D eigenvalue weighted by molar-refractivity contribution is -0.144. The first-order valence-corrected chi connectivity index (χ1v) is 5.30.